The Labute approximate surface area is 123 Å². The molecule has 0 unspecified atom stereocenters. The van der Waals surface area contributed by atoms with Crippen molar-refractivity contribution in [1.29, 1.82) is 0 Å². The first-order chi connectivity index (χ1) is 9.67. The fraction of sp³-hybridized carbons (Fsp3) is 0.333. The average Bonchev–Trinajstić information content (AvgIpc) is 2.91. The molecule has 0 saturated heterocycles. The molecule has 2 rings (SSSR count). The predicted molar refractivity (Wildman–Crippen MR) is 81.2 cm³/mol. The molecule has 0 atom stereocenters. The number of carbonyl (C=O) groups excluding carboxylic acids is 1. The van der Waals surface area contributed by atoms with Crippen LogP contribution in [0.1, 0.15) is 35.6 Å². The van der Waals surface area contributed by atoms with Crippen LogP contribution in [0.4, 0.5) is 5.69 Å². The number of rotatable bonds is 5. The lowest BCUT2D eigenvalue weighted by Gasteiger charge is -2.07. The summed E-state index contributed by atoms with van der Waals surface area (Å²) in [6.45, 7) is 4.67. The SMILES string of the molecule is CCc1cc(C(=O)Nc2ccc(CCl)cc2)n(CC)n1. The van der Waals surface area contributed by atoms with Gasteiger partial charge in [-0.15, -0.1) is 11.6 Å². The molecule has 4 nitrogen and oxygen atoms in total. The highest BCUT2D eigenvalue weighted by Gasteiger charge is 2.14. The lowest BCUT2D eigenvalue weighted by atomic mass is 10.2. The summed E-state index contributed by atoms with van der Waals surface area (Å²) in [5.41, 5.74) is 3.29. The third kappa shape index (κ3) is 3.20. The molecule has 1 amide bonds. The van der Waals surface area contributed by atoms with Crippen molar-refractivity contribution < 1.29 is 4.79 Å². The summed E-state index contributed by atoms with van der Waals surface area (Å²) in [6, 6.07) is 9.34. The second-order valence-corrected chi connectivity index (χ2v) is 4.74. The summed E-state index contributed by atoms with van der Waals surface area (Å²) in [5, 5.41) is 7.25. The molecule has 2 aromatic rings. The van der Waals surface area contributed by atoms with E-state index in [1.807, 2.05) is 44.2 Å². The minimum Gasteiger partial charge on any atom is -0.321 e. The van der Waals surface area contributed by atoms with Crippen LogP contribution in [0.3, 0.4) is 0 Å². The molecule has 0 spiro atoms. The van der Waals surface area contributed by atoms with Crippen molar-refractivity contribution in [3.63, 3.8) is 0 Å². The summed E-state index contributed by atoms with van der Waals surface area (Å²) >= 11 is 5.74. The van der Waals surface area contributed by atoms with Crippen LogP contribution >= 0.6 is 11.6 Å². The first kappa shape index (κ1) is 14.6. The Morgan fingerprint density at radius 2 is 2.00 bits per heavy atom. The van der Waals surface area contributed by atoms with Crippen LogP contribution in [0.25, 0.3) is 0 Å². The van der Waals surface area contributed by atoms with Crippen LogP contribution in [0.15, 0.2) is 30.3 Å². The van der Waals surface area contributed by atoms with Crippen LogP contribution in [-0.4, -0.2) is 15.7 Å². The van der Waals surface area contributed by atoms with Crippen molar-refractivity contribution in [3.8, 4) is 0 Å². The summed E-state index contributed by atoms with van der Waals surface area (Å²) in [6.07, 6.45) is 0.817. The van der Waals surface area contributed by atoms with Gasteiger partial charge < -0.3 is 5.32 Å². The smallest absolute Gasteiger partial charge is 0.273 e. The number of anilines is 1. The van der Waals surface area contributed by atoms with E-state index in [0.29, 0.717) is 18.1 Å². The topological polar surface area (TPSA) is 46.9 Å². The normalized spacial score (nSPS) is 10.6. The second-order valence-electron chi connectivity index (χ2n) is 4.47. The van der Waals surface area contributed by atoms with Gasteiger partial charge in [-0.2, -0.15) is 5.10 Å². The zero-order valence-corrected chi connectivity index (χ0v) is 12.4. The Kier molecular flexibility index (Phi) is 4.79. The Hall–Kier alpha value is -1.81. The third-order valence-corrected chi connectivity index (χ3v) is 3.40. The first-order valence-corrected chi connectivity index (χ1v) is 7.24. The van der Waals surface area contributed by atoms with Gasteiger partial charge in [-0.3, -0.25) is 9.48 Å². The molecule has 0 bridgehead atoms. The van der Waals surface area contributed by atoms with E-state index >= 15 is 0 Å². The van der Waals surface area contributed by atoms with Crippen molar-refractivity contribution in [3.05, 3.63) is 47.3 Å². The number of amides is 1. The Balaban J connectivity index is 2.16. The highest BCUT2D eigenvalue weighted by Crippen LogP contribution is 2.13. The minimum atomic E-state index is -0.141. The summed E-state index contributed by atoms with van der Waals surface area (Å²) in [5.74, 6) is 0.328. The maximum absolute atomic E-state index is 12.3. The molecule has 0 radical (unpaired) electrons. The summed E-state index contributed by atoms with van der Waals surface area (Å²) in [4.78, 5) is 12.3. The summed E-state index contributed by atoms with van der Waals surface area (Å²) in [7, 11) is 0. The van der Waals surface area contributed by atoms with Crippen LogP contribution < -0.4 is 5.32 Å². The Morgan fingerprint density at radius 3 is 2.55 bits per heavy atom. The zero-order chi connectivity index (χ0) is 14.5. The highest BCUT2D eigenvalue weighted by molar-refractivity contribution is 6.17. The molecule has 0 saturated carbocycles. The molecule has 1 heterocycles. The van der Waals surface area contributed by atoms with Gasteiger partial charge >= 0.3 is 0 Å². The van der Waals surface area contributed by atoms with Gasteiger partial charge in [0.2, 0.25) is 0 Å². The van der Waals surface area contributed by atoms with Crippen LogP contribution in [-0.2, 0) is 18.8 Å². The van der Waals surface area contributed by atoms with Crippen molar-refractivity contribution in [2.24, 2.45) is 0 Å². The molecule has 1 aromatic carbocycles. The maximum Gasteiger partial charge on any atom is 0.273 e. The largest absolute Gasteiger partial charge is 0.321 e. The van der Waals surface area contributed by atoms with Crippen LogP contribution in [0, 0.1) is 0 Å². The highest BCUT2D eigenvalue weighted by atomic mass is 35.5. The van der Waals surface area contributed by atoms with Gasteiger partial charge in [0.1, 0.15) is 5.69 Å². The number of benzene rings is 1. The molecule has 0 aliphatic carbocycles. The monoisotopic (exact) mass is 291 g/mol. The lowest BCUT2D eigenvalue weighted by molar-refractivity contribution is 0.101. The molecule has 0 fully saturated rings. The van der Waals surface area contributed by atoms with Gasteiger partial charge in [0.15, 0.2) is 0 Å². The Bertz CT molecular complexity index is 590. The molecule has 1 aromatic heterocycles. The average molecular weight is 292 g/mol. The number of halogens is 1. The van der Waals surface area contributed by atoms with Crippen LogP contribution in [0.2, 0.25) is 0 Å². The molecule has 20 heavy (non-hydrogen) atoms. The van der Waals surface area contributed by atoms with Gasteiger partial charge in [0.05, 0.1) is 5.69 Å². The van der Waals surface area contributed by atoms with E-state index < -0.39 is 0 Å². The second kappa shape index (κ2) is 6.57. The number of alkyl halides is 1. The number of hydrogen-bond donors (Lipinski definition) is 1. The molecule has 0 aliphatic heterocycles. The summed E-state index contributed by atoms with van der Waals surface area (Å²) < 4.78 is 1.72. The fourth-order valence-electron chi connectivity index (χ4n) is 1.94. The number of nitrogens with one attached hydrogen (secondary N) is 1. The Morgan fingerprint density at radius 1 is 1.30 bits per heavy atom. The van der Waals surface area contributed by atoms with Gasteiger partial charge in [-0.1, -0.05) is 19.1 Å². The van der Waals surface area contributed by atoms with E-state index in [1.54, 1.807) is 4.68 Å². The van der Waals surface area contributed by atoms with E-state index in [-0.39, 0.29) is 5.91 Å². The van der Waals surface area contributed by atoms with E-state index in [9.17, 15) is 4.79 Å². The van der Waals surface area contributed by atoms with Crippen molar-refractivity contribution >= 4 is 23.2 Å². The number of hydrogen-bond acceptors (Lipinski definition) is 2. The van der Waals surface area contributed by atoms with Gasteiger partial charge in [-0.05, 0) is 37.1 Å². The number of carbonyl (C=O) groups is 1. The molecule has 1 N–H and O–H groups in total. The standard InChI is InChI=1S/C15H18ClN3O/c1-3-12-9-14(19(4-2)18-12)15(20)17-13-7-5-11(10-16)6-8-13/h5-9H,3-4,10H2,1-2H3,(H,17,20). The van der Waals surface area contributed by atoms with Gasteiger partial charge in [0, 0.05) is 18.1 Å². The molecular weight excluding hydrogens is 274 g/mol. The third-order valence-electron chi connectivity index (χ3n) is 3.09. The number of aryl methyl sites for hydroxylation is 2. The molecular formula is C15H18ClN3O. The molecule has 106 valence electrons. The van der Waals surface area contributed by atoms with E-state index in [4.69, 9.17) is 11.6 Å². The maximum atomic E-state index is 12.3. The fourth-order valence-corrected chi connectivity index (χ4v) is 2.12. The van der Waals surface area contributed by atoms with Gasteiger partial charge in [0.25, 0.3) is 5.91 Å². The van der Waals surface area contributed by atoms with Crippen molar-refractivity contribution in [2.45, 2.75) is 32.7 Å². The first-order valence-electron chi connectivity index (χ1n) is 6.70. The van der Waals surface area contributed by atoms with Crippen LogP contribution in [0.5, 0.6) is 0 Å². The van der Waals surface area contributed by atoms with E-state index in [1.165, 1.54) is 0 Å². The van der Waals surface area contributed by atoms with E-state index in [0.717, 1.165) is 23.4 Å². The van der Waals surface area contributed by atoms with Crippen molar-refractivity contribution in [1.82, 2.24) is 9.78 Å². The quantitative estimate of drug-likeness (QED) is 0.858. The van der Waals surface area contributed by atoms with Gasteiger partial charge in [-0.25, -0.2) is 0 Å². The lowest BCUT2D eigenvalue weighted by Crippen LogP contribution is -2.17. The van der Waals surface area contributed by atoms with Crippen molar-refractivity contribution in [2.75, 3.05) is 5.32 Å². The molecule has 5 heteroatoms. The zero-order valence-electron chi connectivity index (χ0n) is 11.7. The number of aromatic nitrogens is 2. The predicted octanol–water partition coefficient (Wildman–Crippen LogP) is 3.46. The number of nitrogens with zero attached hydrogens (tertiary/aromatic N) is 2. The minimum absolute atomic E-state index is 0.141. The molecule has 0 aliphatic rings. The van der Waals surface area contributed by atoms with E-state index in [2.05, 4.69) is 10.4 Å².